The molecule has 2 aromatic rings. The van der Waals surface area contributed by atoms with Crippen molar-refractivity contribution in [3.8, 4) is 6.07 Å². The van der Waals surface area contributed by atoms with E-state index in [-0.39, 0.29) is 0 Å². The quantitative estimate of drug-likeness (QED) is 0.930. The third kappa shape index (κ3) is 2.97. The minimum absolute atomic E-state index is 0.387. The first-order chi connectivity index (χ1) is 10.3. The maximum atomic E-state index is 9.26. The van der Waals surface area contributed by atoms with Gasteiger partial charge < -0.3 is 5.32 Å². The van der Waals surface area contributed by atoms with Crippen molar-refractivity contribution >= 4 is 16.6 Å². The molecule has 1 aromatic carbocycles. The summed E-state index contributed by atoms with van der Waals surface area (Å²) in [5, 5.41) is 21.8. The highest BCUT2D eigenvalue weighted by Crippen LogP contribution is 2.30. The highest BCUT2D eigenvalue weighted by molar-refractivity contribution is 5.92. The van der Waals surface area contributed by atoms with Crippen molar-refractivity contribution in [1.29, 1.82) is 5.26 Å². The number of hydrogen-bond acceptors (Lipinski definition) is 4. The summed E-state index contributed by atoms with van der Waals surface area (Å²) < 4.78 is 0. The predicted octanol–water partition coefficient (Wildman–Crippen LogP) is 3.74. The fourth-order valence-electron chi connectivity index (χ4n) is 3.09. The fourth-order valence-corrected chi connectivity index (χ4v) is 3.09. The average molecular weight is 280 g/mol. The lowest BCUT2D eigenvalue weighted by atomic mass is 9.83. The molecule has 1 aliphatic rings. The number of rotatable bonds is 3. The van der Waals surface area contributed by atoms with Crippen LogP contribution in [-0.4, -0.2) is 16.7 Å². The largest absolute Gasteiger partial charge is 0.382 e. The second-order valence-electron chi connectivity index (χ2n) is 6.06. The maximum absolute atomic E-state index is 9.26. The van der Waals surface area contributed by atoms with Gasteiger partial charge in [-0.3, -0.25) is 0 Å². The van der Waals surface area contributed by atoms with Crippen molar-refractivity contribution in [2.75, 3.05) is 11.9 Å². The van der Waals surface area contributed by atoms with E-state index < -0.39 is 0 Å². The van der Waals surface area contributed by atoms with Crippen molar-refractivity contribution in [3.05, 3.63) is 30.0 Å². The third-order valence-corrected chi connectivity index (χ3v) is 4.48. The number of nitrogens with one attached hydrogen (secondary N) is 1. The molecule has 4 heteroatoms. The van der Waals surface area contributed by atoms with Crippen LogP contribution in [0.4, 0.5) is 5.69 Å². The zero-order chi connectivity index (χ0) is 14.7. The van der Waals surface area contributed by atoms with Crippen LogP contribution in [0.25, 0.3) is 10.9 Å². The number of hydrogen-bond donors (Lipinski definition) is 1. The summed E-state index contributed by atoms with van der Waals surface area (Å²) in [5.41, 5.74) is 2.05. The molecular formula is C17H20N4. The first-order valence-electron chi connectivity index (χ1n) is 7.67. The fraction of sp³-hybridized carbons (Fsp3) is 0.471. The maximum Gasteiger partial charge on any atom is 0.186 e. The molecule has 1 N–H and O–H groups in total. The van der Waals surface area contributed by atoms with E-state index in [1.54, 1.807) is 0 Å². The Morgan fingerprint density at radius 3 is 2.71 bits per heavy atom. The van der Waals surface area contributed by atoms with E-state index in [9.17, 15) is 5.26 Å². The first-order valence-corrected chi connectivity index (χ1v) is 7.67. The molecule has 0 atom stereocenters. The SMILES string of the molecule is CC1CCC(CNc2c(C#N)nnc3ccccc23)CC1. The molecule has 21 heavy (non-hydrogen) atoms. The summed E-state index contributed by atoms with van der Waals surface area (Å²) in [6.45, 7) is 3.24. The van der Waals surface area contributed by atoms with E-state index in [0.29, 0.717) is 11.6 Å². The zero-order valence-electron chi connectivity index (χ0n) is 12.3. The normalized spacial score (nSPS) is 21.9. The molecule has 0 saturated heterocycles. The van der Waals surface area contributed by atoms with Crippen LogP contribution >= 0.6 is 0 Å². The van der Waals surface area contributed by atoms with Crippen LogP contribution in [0.3, 0.4) is 0 Å². The van der Waals surface area contributed by atoms with Crippen LogP contribution in [0, 0.1) is 23.2 Å². The van der Waals surface area contributed by atoms with E-state index >= 15 is 0 Å². The van der Waals surface area contributed by atoms with Gasteiger partial charge in [0.1, 0.15) is 6.07 Å². The van der Waals surface area contributed by atoms with Gasteiger partial charge in [-0.25, -0.2) is 0 Å². The van der Waals surface area contributed by atoms with Crippen LogP contribution in [-0.2, 0) is 0 Å². The standard InChI is InChI=1S/C17H20N4/c1-12-6-8-13(9-7-12)11-19-17-14-4-2-3-5-15(14)20-21-16(17)10-18/h2-5,12-13H,6-9,11H2,1H3,(H,19,20). The van der Waals surface area contributed by atoms with Gasteiger partial charge in [0.05, 0.1) is 11.2 Å². The van der Waals surface area contributed by atoms with Crippen LogP contribution in [0.1, 0.15) is 38.3 Å². The molecular weight excluding hydrogens is 260 g/mol. The van der Waals surface area contributed by atoms with E-state index in [4.69, 9.17) is 0 Å². The van der Waals surface area contributed by atoms with Crippen molar-refractivity contribution < 1.29 is 0 Å². The number of fused-ring (bicyclic) bond motifs is 1. The van der Waals surface area contributed by atoms with Crippen molar-refractivity contribution in [1.82, 2.24) is 10.2 Å². The Kier molecular flexibility index (Phi) is 4.01. The van der Waals surface area contributed by atoms with Gasteiger partial charge in [-0.05, 0) is 30.7 Å². The smallest absolute Gasteiger partial charge is 0.186 e. The van der Waals surface area contributed by atoms with Gasteiger partial charge in [0.2, 0.25) is 0 Å². The number of nitrogens with zero attached hydrogens (tertiary/aromatic N) is 3. The molecule has 1 aromatic heterocycles. The number of benzene rings is 1. The van der Waals surface area contributed by atoms with Crippen molar-refractivity contribution in [3.63, 3.8) is 0 Å². The van der Waals surface area contributed by atoms with Gasteiger partial charge >= 0.3 is 0 Å². The molecule has 4 nitrogen and oxygen atoms in total. The highest BCUT2D eigenvalue weighted by Gasteiger charge is 2.19. The first kappa shape index (κ1) is 13.8. The van der Waals surface area contributed by atoms with Gasteiger partial charge in [0.15, 0.2) is 5.69 Å². The van der Waals surface area contributed by atoms with Gasteiger partial charge in [0, 0.05) is 11.9 Å². The Labute approximate surface area is 125 Å². The number of nitriles is 1. The second kappa shape index (κ2) is 6.09. The Hall–Kier alpha value is -2.15. The topological polar surface area (TPSA) is 61.6 Å². The van der Waals surface area contributed by atoms with Gasteiger partial charge in [-0.15, -0.1) is 10.2 Å². The average Bonchev–Trinajstić information content (AvgIpc) is 2.54. The zero-order valence-corrected chi connectivity index (χ0v) is 12.3. The lowest BCUT2D eigenvalue weighted by Crippen LogP contribution is -2.20. The molecule has 0 spiro atoms. The lowest BCUT2D eigenvalue weighted by Gasteiger charge is -2.26. The van der Waals surface area contributed by atoms with Crippen molar-refractivity contribution in [2.45, 2.75) is 32.6 Å². The van der Waals surface area contributed by atoms with Crippen molar-refractivity contribution in [2.24, 2.45) is 11.8 Å². The number of aromatic nitrogens is 2. The second-order valence-corrected chi connectivity index (χ2v) is 6.06. The molecule has 108 valence electrons. The molecule has 1 fully saturated rings. The Balaban J connectivity index is 1.81. The lowest BCUT2D eigenvalue weighted by molar-refractivity contribution is 0.300. The summed E-state index contributed by atoms with van der Waals surface area (Å²) in [7, 11) is 0. The van der Waals surface area contributed by atoms with Crippen LogP contribution in [0.2, 0.25) is 0 Å². The minimum Gasteiger partial charge on any atom is -0.382 e. The summed E-state index contributed by atoms with van der Waals surface area (Å²) in [6, 6.07) is 9.98. The molecule has 1 heterocycles. The van der Waals surface area contributed by atoms with E-state index in [1.165, 1.54) is 25.7 Å². The summed E-state index contributed by atoms with van der Waals surface area (Å²) in [5.74, 6) is 1.55. The van der Waals surface area contributed by atoms with E-state index in [1.807, 2.05) is 24.3 Å². The predicted molar refractivity (Wildman–Crippen MR) is 83.9 cm³/mol. The molecule has 0 bridgehead atoms. The molecule has 1 saturated carbocycles. The monoisotopic (exact) mass is 280 g/mol. The van der Waals surface area contributed by atoms with E-state index in [0.717, 1.165) is 29.1 Å². The van der Waals surface area contributed by atoms with Crippen LogP contribution in [0.15, 0.2) is 24.3 Å². The van der Waals surface area contributed by atoms with Crippen LogP contribution < -0.4 is 5.32 Å². The molecule has 0 radical (unpaired) electrons. The van der Waals surface area contributed by atoms with Gasteiger partial charge in [0.25, 0.3) is 0 Å². The van der Waals surface area contributed by atoms with Gasteiger partial charge in [-0.1, -0.05) is 38.0 Å². The molecule has 0 unspecified atom stereocenters. The third-order valence-electron chi connectivity index (χ3n) is 4.48. The highest BCUT2D eigenvalue weighted by atomic mass is 15.1. The summed E-state index contributed by atoms with van der Waals surface area (Å²) in [6.07, 6.45) is 5.17. The van der Waals surface area contributed by atoms with Gasteiger partial charge in [-0.2, -0.15) is 5.26 Å². The number of anilines is 1. The summed E-state index contributed by atoms with van der Waals surface area (Å²) >= 11 is 0. The Morgan fingerprint density at radius 1 is 1.19 bits per heavy atom. The molecule has 0 aliphatic heterocycles. The molecule has 3 rings (SSSR count). The Morgan fingerprint density at radius 2 is 1.95 bits per heavy atom. The molecule has 1 aliphatic carbocycles. The minimum atomic E-state index is 0.387. The Bertz CT molecular complexity index is 666. The molecule has 0 amide bonds. The van der Waals surface area contributed by atoms with E-state index in [2.05, 4.69) is 28.5 Å². The summed E-state index contributed by atoms with van der Waals surface area (Å²) in [4.78, 5) is 0. The van der Waals surface area contributed by atoms with Crippen LogP contribution in [0.5, 0.6) is 0 Å².